The SMILES string of the molecule is CC[C@H](C(=O)NC(C)C)N(Cc1cccc(OC)c1)C(=O)CN(c1ccccc1F)S(=O)(=O)c1ccc(C)cc1. The van der Waals surface area contributed by atoms with Gasteiger partial charge in [0.05, 0.1) is 17.7 Å². The van der Waals surface area contributed by atoms with Gasteiger partial charge in [-0.15, -0.1) is 0 Å². The van der Waals surface area contributed by atoms with Gasteiger partial charge < -0.3 is 15.0 Å². The van der Waals surface area contributed by atoms with Crippen LogP contribution in [-0.4, -0.2) is 50.9 Å². The van der Waals surface area contributed by atoms with Crippen molar-refractivity contribution in [1.29, 1.82) is 0 Å². The maximum Gasteiger partial charge on any atom is 0.264 e. The first-order valence-corrected chi connectivity index (χ1v) is 14.5. The Kier molecular flexibility index (Phi) is 10.3. The Balaban J connectivity index is 2.08. The van der Waals surface area contributed by atoms with Gasteiger partial charge in [-0.2, -0.15) is 0 Å². The van der Waals surface area contributed by atoms with Crippen molar-refractivity contribution in [2.24, 2.45) is 0 Å². The predicted molar refractivity (Wildman–Crippen MR) is 153 cm³/mol. The van der Waals surface area contributed by atoms with Gasteiger partial charge >= 0.3 is 0 Å². The standard InChI is InChI=1S/C30H36FN3O5S/c1-6-27(30(36)32-21(2)3)33(19-23-10-9-11-24(18-23)39-5)29(35)20-34(28-13-8-7-12-26(28)31)40(37,38)25-16-14-22(4)15-17-25/h7-18,21,27H,6,19-20H2,1-5H3,(H,32,36)/t27-/m1/s1. The highest BCUT2D eigenvalue weighted by Gasteiger charge is 2.34. The van der Waals surface area contributed by atoms with Crippen LogP contribution in [0, 0.1) is 12.7 Å². The lowest BCUT2D eigenvalue weighted by Gasteiger charge is -2.33. The van der Waals surface area contributed by atoms with Gasteiger partial charge in [-0.25, -0.2) is 12.8 Å². The van der Waals surface area contributed by atoms with Crippen LogP contribution >= 0.6 is 0 Å². The normalized spacial score (nSPS) is 12.1. The number of carbonyl (C=O) groups is 2. The number of ether oxygens (including phenoxy) is 1. The Hall–Kier alpha value is -3.92. The number of anilines is 1. The number of nitrogens with one attached hydrogen (secondary N) is 1. The number of methoxy groups -OCH3 is 1. The highest BCUT2D eigenvalue weighted by molar-refractivity contribution is 7.92. The molecule has 0 bridgehead atoms. The molecular formula is C30H36FN3O5S. The third-order valence-electron chi connectivity index (χ3n) is 6.31. The van der Waals surface area contributed by atoms with Crippen LogP contribution in [0.2, 0.25) is 0 Å². The van der Waals surface area contributed by atoms with Crippen LogP contribution in [0.4, 0.5) is 10.1 Å². The molecule has 10 heteroatoms. The summed E-state index contributed by atoms with van der Waals surface area (Å²) >= 11 is 0. The van der Waals surface area contributed by atoms with Gasteiger partial charge in [-0.1, -0.05) is 48.9 Å². The third kappa shape index (κ3) is 7.38. The zero-order valence-corrected chi connectivity index (χ0v) is 24.2. The van der Waals surface area contributed by atoms with Crippen molar-refractivity contribution in [3.63, 3.8) is 0 Å². The number of halogens is 1. The average Bonchev–Trinajstić information content (AvgIpc) is 2.92. The topological polar surface area (TPSA) is 96.0 Å². The number of amides is 2. The van der Waals surface area contributed by atoms with E-state index in [9.17, 15) is 18.0 Å². The molecule has 0 spiro atoms. The molecular weight excluding hydrogens is 533 g/mol. The third-order valence-corrected chi connectivity index (χ3v) is 8.09. The summed E-state index contributed by atoms with van der Waals surface area (Å²) < 4.78 is 48.7. The van der Waals surface area contributed by atoms with Gasteiger partial charge in [0.25, 0.3) is 10.0 Å². The van der Waals surface area contributed by atoms with Crippen molar-refractivity contribution < 1.29 is 27.1 Å². The van der Waals surface area contributed by atoms with E-state index in [1.165, 1.54) is 42.3 Å². The Morgan fingerprint density at radius 1 is 1.00 bits per heavy atom. The van der Waals surface area contributed by atoms with E-state index in [2.05, 4.69) is 5.32 Å². The van der Waals surface area contributed by atoms with E-state index in [0.717, 1.165) is 15.9 Å². The molecule has 0 aliphatic carbocycles. The second-order valence-electron chi connectivity index (χ2n) is 9.74. The molecule has 1 atom stereocenters. The first-order chi connectivity index (χ1) is 19.0. The first-order valence-electron chi connectivity index (χ1n) is 13.0. The summed E-state index contributed by atoms with van der Waals surface area (Å²) in [6, 6.07) is 17.5. The van der Waals surface area contributed by atoms with Gasteiger partial charge in [0.1, 0.15) is 24.2 Å². The van der Waals surface area contributed by atoms with E-state index in [0.29, 0.717) is 11.3 Å². The Labute approximate surface area is 235 Å². The number of para-hydroxylation sites is 1. The van der Waals surface area contributed by atoms with Crippen LogP contribution in [0.1, 0.15) is 38.3 Å². The van der Waals surface area contributed by atoms with Gasteiger partial charge in [0, 0.05) is 12.6 Å². The summed E-state index contributed by atoms with van der Waals surface area (Å²) in [5.74, 6) is -1.26. The molecule has 0 heterocycles. The highest BCUT2D eigenvalue weighted by Crippen LogP contribution is 2.27. The van der Waals surface area contributed by atoms with Gasteiger partial charge in [-0.3, -0.25) is 13.9 Å². The Morgan fingerprint density at radius 2 is 1.68 bits per heavy atom. The smallest absolute Gasteiger partial charge is 0.264 e. The number of hydrogen-bond donors (Lipinski definition) is 1. The summed E-state index contributed by atoms with van der Waals surface area (Å²) in [6.07, 6.45) is 0.276. The van der Waals surface area contributed by atoms with Crippen molar-refractivity contribution in [1.82, 2.24) is 10.2 Å². The average molecular weight is 570 g/mol. The second-order valence-corrected chi connectivity index (χ2v) is 11.6. The fraction of sp³-hybridized carbons (Fsp3) is 0.333. The largest absolute Gasteiger partial charge is 0.497 e. The molecule has 40 heavy (non-hydrogen) atoms. The molecule has 0 aliphatic rings. The van der Waals surface area contributed by atoms with Crippen LogP contribution in [-0.2, 0) is 26.2 Å². The number of aryl methyl sites for hydroxylation is 1. The van der Waals surface area contributed by atoms with Crippen molar-refractivity contribution in [3.05, 3.63) is 89.7 Å². The number of sulfonamides is 1. The van der Waals surface area contributed by atoms with Crippen LogP contribution in [0.15, 0.2) is 77.7 Å². The minimum Gasteiger partial charge on any atom is -0.497 e. The maximum absolute atomic E-state index is 15.0. The van der Waals surface area contributed by atoms with E-state index in [1.807, 2.05) is 20.8 Å². The second kappa shape index (κ2) is 13.4. The molecule has 3 rings (SSSR count). The van der Waals surface area contributed by atoms with Crippen molar-refractivity contribution in [2.45, 2.75) is 57.6 Å². The number of benzene rings is 3. The zero-order chi connectivity index (χ0) is 29.4. The molecule has 0 saturated carbocycles. The molecule has 0 saturated heterocycles. The van der Waals surface area contributed by atoms with Gasteiger partial charge in [-0.05, 0) is 69.2 Å². The first kappa shape index (κ1) is 30.6. The van der Waals surface area contributed by atoms with Crippen molar-refractivity contribution >= 4 is 27.5 Å². The van der Waals surface area contributed by atoms with Gasteiger partial charge in [0.15, 0.2) is 0 Å². The number of rotatable bonds is 12. The van der Waals surface area contributed by atoms with Crippen LogP contribution in [0.5, 0.6) is 5.75 Å². The molecule has 0 radical (unpaired) electrons. The summed E-state index contributed by atoms with van der Waals surface area (Å²) in [4.78, 5) is 28.4. The summed E-state index contributed by atoms with van der Waals surface area (Å²) in [5.41, 5.74) is 1.26. The number of nitrogens with zero attached hydrogens (tertiary/aromatic N) is 2. The molecule has 3 aromatic carbocycles. The molecule has 0 unspecified atom stereocenters. The molecule has 1 N–H and O–H groups in total. The molecule has 0 aromatic heterocycles. The van der Waals surface area contributed by atoms with Crippen LogP contribution in [0.25, 0.3) is 0 Å². The molecule has 3 aromatic rings. The lowest BCUT2D eigenvalue weighted by atomic mass is 10.1. The molecule has 8 nitrogen and oxygen atoms in total. The minimum atomic E-state index is -4.35. The highest BCUT2D eigenvalue weighted by atomic mass is 32.2. The summed E-state index contributed by atoms with van der Waals surface area (Å²) in [7, 11) is -2.83. The fourth-order valence-electron chi connectivity index (χ4n) is 4.27. The van der Waals surface area contributed by atoms with Crippen LogP contribution in [0.3, 0.4) is 0 Å². The monoisotopic (exact) mass is 569 g/mol. The molecule has 0 fully saturated rings. The van der Waals surface area contributed by atoms with E-state index in [1.54, 1.807) is 43.3 Å². The van der Waals surface area contributed by atoms with Crippen molar-refractivity contribution in [3.8, 4) is 5.75 Å². The van der Waals surface area contributed by atoms with E-state index in [4.69, 9.17) is 4.74 Å². The molecule has 214 valence electrons. The lowest BCUT2D eigenvalue weighted by molar-refractivity contribution is -0.140. The Morgan fingerprint density at radius 3 is 2.27 bits per heavy atom. The van der Waals surface area contributed by atoms with Crippen LogP contribution < -0.4 is 14.4 Å². The maximum atomic E-state index is 15.0. The van der Waals surface area contributed by atoms with E-state index < -0.39 is 34.3 Å². The molecule has 2 amide bonds. The zero-order valence-electron chi connectivity index (χ0n) is 23.4. The van der Waals surface area contributed by atoms with Crippen molar-refractivity contribution in [2.75, 3.05) is 18.0 Å². The summed E-state index contributed by atoms with van der Waals surface area (Å²) in [5, 5.41) is 2.84. The quantitative estimate of drug-likeness (QED) is 0.342. The van der Waals surface area contributed by atoms with E-state index in [-0.39, 0.29) is 35.5 Å². The lowest BCUT2D eigenvalue weighted by Crippen LogP contribution is -2.53. The van der Waals surface area contributed by atoms with Gasteiger partial charge in [0.2, 0.25) is 11.8 Å². The van der Waals surface area contributed by atoms with E-state index >= 15 is 4.39 Å². The number of carbonyl (C=O) groups excluding carboxylic acids is 2. The molecule has 0 aliphatic heterocycles. The predicted octanol–water partition coefficient (Wildman–Crippen LogP) is 4.67. The Bertz CT molecular complexity index is 1430. The summed E-state index contributed by atoms with van der Waals surface area (Å²) in [6.45, 7) is 6.51. The number of hydrogen-bond acceptors (Lipinski definition) is 5. The minimum absolute atomic E-state index is 0.00967. The fourth-order valence-corrected chi connectivity index (χ4v) is 5.69.